The first-order chi connectivity index (χ1) is 8.43. The van der Waals surface area contributed by atoms with Crippen molar-refractivity contribution in [3.8, 4) is 0 Å². The van der Waals surface area contributed by atoms with E-state index in [0.717, 1.165) is 12.8 Å². The zero-order chi connectivity index (χ0) is 13.7. The van der Waals surface area contributed by atoms with Crippen LogP contribution < -0.4 is 11.1 Å². The van der Waals surface area contributed by atoms with Crippen molar-refractivity contribution >= 4 is 11.6 Å². The Morgan fingerprint density at radius 1 is 1.44 bits per heavy atom. The molecule has 0 aromatic heterocycles. The van der Waals surface area contributed by atoms with Gasteiger partial charge in [-0.1, -0.05) is 20.3 Å². The highest BCUT2D eigenvalue weighted by molar-refractivity contribution is 5.94. The number of amides is 1. The van der Waals surface area contributed by atoms with Gasteiger partial charge in [0, 0.05) is 11.6 Å². The quantitative estimate of drug-likeness (QED) is 0.792. The van der Waals surface area contributed by atoms with Crippen LogP contribution in [-0.2, 0) is 0 Å². The van der Waals surface area contributed by atoms with Crippen molar-refractivity contribution in [1.29, 1.82) is 0 Å². The minimum atomic E-state index is -0.558. The molecule has 1 aromatic carbocycles. The summed E-state index contributed by atoms with van der Waals surface area (Å²) < 4.78 is 13.2. The molecule has 0 aliphatic carbocycles. The van der Waals surface area contributed by atoms with Crippen LogP contribution in [0.1, 0.15) is 44.0 Å². The number of nitrogens with one attached hydrogen (secondary N) is 1. The summed E-state index contributed by atoms with van der Waals surface area (Å²) in [6, 6.07) is 4.18. The highest BCUT2D eigenvalue weighted by Crippen LogP contribution is 2.13. The summed E-state index contributed by atoms with van der Waals surface area (Å²) in [5, 5.41) is 2.86. The molecule has 3 N–H and O–H groups in total. The lowest BCUT2D eigenvalue weighted by molar-refractivity contribution is 0.0935. The number of rotatable bonds is 5. The van der Waals surface area contributed by atoms with Crippen LogP contribution in [-0.4, -0.2) is 11.9 Å². The van der Waals surface area contributed by atoms with Crippen LogP contribution in [0.2, 0.25) is 0 Å². The Balaban J connectivity index is 2.62. The van der Waals surface area contributed by atoms with Crippen molar-refractivity contribution in [3.63, 3.8) is 0 Å². The molecule has 4 heteroatoms. The Kier molecular flexibility index (Phi) is 5.13. The van der Waals surface area contributed by atoms with Crippen molar-refractivity contribution in [2.24, 2.45) is 5.92 Å². The van der Waals surface area contributed by atoms with Gasteiger partial charge in [0.1, 0.15) is 5.82 Å². The zero-order valence-electron chi connectivity index (χ0n) is 11.2. The number of anilines is 1. The van der Waals surface area contributed by atoms with Crippen molar-refractivity contribution < 1.29 is 9.18 Å². The Bertz CT molecular complexity index is 420. The predicted octanol–water partition coefficient (Wildman–Crippen LogP) is 2.96. The van der Waals surface area contributed by atoms with Gasteiger partial charge in [0.25, 0.3) is 5.91 Å². The molecule has 0 saturated carbocycles. The lowest BCUT2D eigenvalue weighted by Crippen LogP contribution is -2.33. The normalized spacial score (nSPS) is 14.0. The van der Waals surface area contributed by atoms with Crippen molar-refractivity contribution in [3.05, 3.63) is 29.6 Å². The van der Waals surface area contributed by atoms with Crippen LogP contribution in [0, 0.1) is 11.7 Å². The average Bonchev–Trinajstić information content (AvgIpc) is 2.32. The fourth-order valence-electron chi connectivity index (χ4n) is 1.80. The molecule has 0 heterocycles. The van der Waals surface area contributed by atoms with E-state index in [4.69, 9.17) is 5.73 Å². The van der Waals surface area contributed by atoms with Gasteiger partial charge in [-0.15, -0.1) is 0 Å². The Morgan fingerprint density at radius 2 is 2.11 bits per heavy atom. The molecule has 1 aromatic rings. The molecule has 1 rings (SSSR count). The van der Waals surface area contributed by atoms with Gasteiger partial charge in [-0.05, 0) is 37.5 Å². The molecule has 100 valence electrons. The molecular formula is C14H21FN2O. The van der Waals surface area contributed by atoms with Crippen LogP contribution in [0.5, 0.6) is 0 Å². The SMILES string of the molecule is CCC(C)CC(C)NC(=O)c1ccc(N)c(F)c1. The van der Waals surface area contributed by atoms with Gasteiger partial charge in [0.05, 0.1) is 5.69 Å². The molecule has 0 saturated heterocycles. The standard InChI is InChI=1S/C14H21FN2O/c1-4-9(2)7-10(3)17-14(18)11-5-6-13(16)12(15)8-11/h5-6,8-10H,4,7,16H2,1-3H3,(H,17,18). The fraction of sp³-hybridized carbons (Fsp3) is 0.500. The molecule has 2 atom stereocenters. The minimum Gasteiger partial charge on any atom is -0.396 e. The lowest BCUT2D eigenvalue weighted by Gasteiger charge is -2.17. The Hall–Kier alpha value is -1.58. The highest BCUT2D eigenvalue weighted by Gasteiger charge is 2.13. The first-order valence-corrected chi connectivity index (χ1v) is 6.30. The first kappa shape index (κ1) is 14.5. The number of nitrogen functional groups attached to an aromatic ring is 1. The van der Waals surface area contributed by atoms with Crippen LogP contribution in [0.4, 0.5) is 10.1 Å². The fourth-order valence-corrected chi connectivity index (χ4v) is 1.80. The Morgan fingerprint density at radius 3 is 2.67 bits per heavy atom. The summed E-state index contributed by atoms with van der Waals surface area (Å²) in [5.74, 6) is -0.259. The molecule has 0 bridgehead atoms. The molecule has 18 heavy (non-hydrogen) atoms. The highest BCUT2D eigenvalue weighted by atomic mass is 19.1. The molecule has 0 fully saturated rings. The molecule has 0 aliphatic heterocycles. The second kappa shape index (κ2) is 6.38. The third-order valence-corrected chi connectivity index (χ3v) is 3.09. The summed E-state index contributed by atoms with van der Waals surface area (Å²) in [5.41, 5.74) is 5.73. The van der Waals surface area contributed by atoms with Crippen molar-refractivity contribution in [1.82, 2.24) is 5.32 Å². The topological polar surface area (TPSA) is 55.1 Å². The molecule has 0 radical (unpaired) electrons. The minimum absolute atomic E-state index is 0.0548. The third-order valence-electron chi connectivity index (χ3n) is 3.09. The van der Waals surface area contributed by atoms with E-state index in [-0.39, 0.29) is 17.6 Å². The molecule has 2 unspecified atom stereocenters. The summed E-state index contributed by atoms with van der Waals surface area (Å²) in [6.45, 7) is 6.22. The van der Waals surface area contributed by atoms with Gasteiger partial charge in [-0.2, -0.15) is 0 Å². The zero-order valence-corrected chi connectivity index (χ0v) is 11.2. The number of benzene rings is 1. The van der Waals surface area contributed by atoms with E-state index >= 15 is 0 Å². The monoisotopic (exact) mass is 252 g/mol. The molecule has 0 aliphatic rings. The van der Waals surface area contributed by atoms with E-state index in [1.165, 1.54) is 18.2 Å². The largest absolute Gasteiger partial charge is 0.396 e. The summed E-state index contributed by atoms with van der Waals surface area (Å²) >= 11 is 0. The number of hydrogen-bond acceptors (Lipinski definition) is 2. The lowest BCUT2D eigenvalue weighted by atomic mass is 10.00. The number of nitrogens with two attached hydrogens (primary N) is 1. The second-order valence-electron chi connectivity index (χ2n) is 4.86. The van der Waals surface area contributed by atoms with Gasteiger partial charge in [0.2, 0.25) is 0 Å². The summed E-state index contributed by atoms with van der Waals surface area (Å²) in [7, 11) is 0. The number of carbonyl (C=O) groups is 1. The summed E-state index contributed by atoms with van der Waals surface area (Å²) in [6.07, 6.45) is 2.00. The predicted molar refractivity (Wildman–Crippen MR) is 71.8 cm³/mol. The van der Waals surface area contributed by atoms with E-state index in [1.54, 1.807) is 0 Å². The van der Waals surface area contributed by atoms with Gasteiger partial charge in [-0.3, -0.25) is 4.79 Å². The van der Waals surface area contributed by atoms with E-state index in [9.17, 15) is 9.18 Å². The molecule has 1 amide bonds. The van der Waals surface area contributed by atoms with E-state index in [2.05, 4.69) is 19.2 Å². The first-order valence-electron chi connectivity index (χ1n) is 6.30. The average molecular weight is 252 g/mol. The van der Waals surface area contributed by atoms with Gasteiger partial charge < -0.3 is 11.1 Å². The van der Waals surface area contributed by atoms with Crippen molar-refractivity contribution in [2.75, 3.05) is 5.73 Å². The number of halogens is 1. The number of carbonyl (C=O) groups excluding carboxylic acids is 1. The second-order valence-corrected chi connectivity index (χ2v) is 4.86. The van der Waals surface area contributed by atoms with Gasteiger partial charge in [-0.25, -0.2) is 4.39 Å². The maximum Gasteiger partial charge on any atom is 0.251 e. The van der Waals surface area contributed by atoms with E-state index in [0.29, 0.717) is 11.5 Å². The Labute approximate surface area is 108 Å². The van der Waals surface area contributed by atoms with E-state index < -0.39 is 5.82 Å². The maximum absolute atomic E-state index is 13.2. The van der Waals surface area contributed by atoms with Crippen LogP contribution in [0.3, 0.4) is 0 Å². The van der Waals surface area contributed by atoms with Crippen molar-refractivity contribution in [2.45, 2.75) is 39.7 Å². The summed E-state index contributed by atoms with van der Waals surface area (Å²) in [4.78, 5) is 11.9. The molecule has 0 spiro atoms. The van der Waals surface area contributed by atoms with Gasteiger partial charge >= 0.3 is 0 Å². The third kappa shape index (κ3) is 4.02. The van der Waals surface area contributed by atoms with Crippen LogP contribution in [0.15, 0.2) is 18.2 Å². The smallest absolute Gasteiger partial charge is 0.251 e. The molecule has 3 nitrogen and oxygen atoms in total. The maximum atomic E-state index is 13.2. The number of hydrogen-bond donors (Lipinski definition) is 2. The van der Waals surface area contributed by atoms with E-state index in [1.807, 2.05) is 6.92 Å². The van der Waals surface area contributed by atoms with Gasteiger partial charge in [0.15, 0.2) is 0 Å². The van der Waals surface area contributed by atoms with Crippen LogP contribution in [0.25, 0.3) is 0 Å². The molecular weight excluding hydrogens is 231 g/mol. The van der Waals surface area contributed by atoms with Crippen LogP contribution >= 0.6 is 0 Å².